The fourth-order valence-electron chi connectivity index (χ4n) is 3.65. The van der Waals surface area contributed by atoms with Crippen LogP contribution < -0.4 is 10.8 Å². The van der Waals surface area contributed by atoms with Crippen LogP contribution >= 0.6 is 0 Å². The lowest BCUT2D eigenvalue weighted by atomic mass is 10.0. The lowest BCUT2D eigenvalue weighted by Gasteiger charge is -2.26. The minimum Gasteiger partial charge on any atom is -0.374 e. The van der Waals surface area contributed by atoms with Crippen LogP contribution in [0.25, 0.3) is 11.1 Å². The van der Waals surface area contributed by atoms with Crippen LogP contribution in [0.4, 0.5) is 18.0 Å². The second kappa shape index (κ2) is 10.2. The number of alkyl halides is 3. The number of urea groups is 1. The van der Waals surface area contributed by atoms with Crippen LogP contribution in [0.3, 0.4) is 0 Å². The first kappa shape index (κ1) is 25.2. The average molecular weight is 479 g/mol. The van der Waals surface area contributed by atoms with E-state index < -0.39 is 47.6 Å². The van der Waals surface area contributed by atoms with E-state index in [1.165, 1.54) is 17.6 Å². The summed E-state index contributed by atoms with van der Waals surface area (Å²) in [5.74, 6) is -1.93. The molecular weight excluding hydrogens is 455 g/mol. The Kier molecular flexibility index (Phi) is 7.57. The first-order chi connectivity index (χ1) is 16.0. The van der Waals surface area contributed by atoms with E-state index in [9.17, 15) is 27.6 Å². The predicted octanol–water partition coefficient (Wildman–Crippen LogP) is 3.34. The Hall–Kier alpha value is -3.44. The number of imide groups is 1. The van der Waals surface area contributed by atoms with Crippen molar-refractivity contribution in [1.29, 1.82) is 0 Å². The van der Waals surface area contributed by atoms with Crippen molar-refractivity contribution in [3.05, 3.63) is 59.7 Å². The van der Waals surface area contributed by atoms with Crippen LogP contribution in [-0.4, -0.2) is 46.6 Å². The number of nitrogens with one attached hydrogen (secondary N) is 2. The Labute approximate surface area is 193 Å². The number of rotatable bonds is 8. The molecule has 0 bridgehead atoms. The Morgan fingerprint density at radius 3 is 2.15 bits per heavy atom. The first-order valence-corrected chi connectivity index (χ1v) is 10.4. The van der Waals surface area contributed by atoms with E-state index in [0.29, 0.717) is 5.56 Å². The monoisotopic (exact) mass is 479 g/mol. The molecule has 0 spiro atoms. The van der Waals surface area contributed by atoms with Gasteiger partial charge in [0, 0.05) is 0 Å². The van der Waals surface area contributed by atoms with Gasteiger partial charge in [0.25, 0.3) is 11.8 Å². The number of carbonyl (C=O) groups excluding carboxylic acids is 3. The van der Waals surface area contributed by atoms with Crippen LogP contribution in [0, 0.1) is 5.92 Å². The van der Waals surface area contributed by atoms with E-state index in [4.69, 9.17) is 9.94 Å². The molecule has 0 saturated carbocycles. The van der Waals surface area contributed by atoms with Gasteiger partial charge in [-0.2, -0.15) is 13.2 Å². The highest BCUT2D eigenvalue weighted by atomic mass is 19.4. The smallest absolute Gasteiger partial charge is 0.374 e. The molecular formula is C23H24F3N3O5. The Bertz CT molecular complexity index is 1040. The molecule has 0 radical (unpaired) electrons. The molecule has 1 aliphatic heterocycles. The summed E-state index contributed by atoms with van der Waals surface area (Å²) < 4.78 is 43.7. The molecule has 2 unspecified atom stereocenters. The summed E-state index contributed by atoms with van der Waals surface area (Å²) in [5.41, 5.74) is 2.87. The summed E-state index contributed by atoms with van der Waals surface area (Å²) >= 11 is 0. The zero-order valence-corrected chi connectivity index (χ0v) is 18.4. The lowest BCUT2D eigenvalue weighted by Crippen LogP contribution is -2.52. The Balaban J connectivity index is 1.57. The van der Waals surface area contributed by atoms with Crippen LogP contribution in [0.5, 0.6) is 0 Å². The molecule has 182 valence electrons. The van der Waals surface area contributed by atoms with Gasteiger partial charge in [-0.1, -0.05) is 50.2 Å². The molecule has 2 aromatic carbocycles. The van der Waals surface area contributed by atoms with Gasteiger partial charge in [-0.15, -0.1) is 0 Å². The maximum Gasteiger partial charge on any atom is 0.416 e. The van der Waals surface area contributed by atoms with Crippen molar-refractivity contribution in [1.82, 2.24) is 15.7 Å². The lowest BCUT2D eigenvalue weighted by molar-refractivity contribution is -0.142. The molecule has 3 rings (SSSR count). The highest BCUT2D eigenvalue weighted by molar-refractivity contribution is 6.07. The summed E-state index contributed by atoms with van der Waals surface area (Å²) in [5, 5.41) is 11.4. The van der Waals surface area contributed by atoms with Gasteiger partial charge in [0.2, 0.25) is 0 Å². The van der Waals surface area contributed by atoms with E-state index >= 15 is 0 Å². The topological polar surface area (TPSA) is 108 Å². The molecule has 8 nitrogen and oxygen atoms in total. The molecule has 34 heavy (non-hydrogen) atoms. The number of hydroxylamine groups is 1. The van der Waals surface area contributed by atoms with E-state index in [1.807, 2.05) is 0 Å². The fourth-order valence-corrected chi connectivity index (χ4v) is 3.65. The number of carbonyl (C=O) groups is 3. The van der Waals surface area contributed by atoms with Gasteiger partial charge in [0.05, 0.1) is 18.8 Å². The van der Waals surface area contributed by atoms with Crippen LogP contribution in [0.2, 0.25) is 0 Å². The highest BCUT2D eigenvalue weighted by Crippen LogP contribution is 2.31. The Morgan fingerprint density at radius 1 is 1.09 bits per heavy atom. The summed E-state index contributed by atoms with van der Waals surface area (Å²) in [6.07, 6.45) is -4.39. The quantitative estimate of drug-likeness (QED) is 0.306. The summed E-state index contributed by atoms with van der Waals surface area (Å²) in [4.78, 5) is 37.6. The molecule has 2 atom stereocenters. The average Bonchev–Trinajstić information content (AvgIpc) is 3.07. The van der Waals surface area contributed by atoms with Crippen molar-refractivity contribution < 1.29 is 37.5 Å². The molecule has 0 aromatic heterocycles. The van der Waals surface area contributed by atoms with Crippen molar-refractivity contribution in [2.24, 2.45) is 5.92 Å². The van der Waals surface area contributed by atoms with E-state index in [1.54, 1.807) is 38.1 Å². The molecule has 2 aromatic rings. The van der Waals surface area contributed by atoms with Gasteiger partial charge in [0.15, 0.2) is 0 Å². The third kappa shape index (κ3) is 5.54. The number of hydrogen-bond acceptors (Lipinski definition) is 5. The second-order valence-corrected chi connectivity index (χ2v) is 8.16. The highest BCUT2D eigenvalue weighted by Gasteiger charge is 2.45. The molecule has 4 amide bonds. The zero-order valence-electron chi connectivity index (χ0n) is 18.4. The van der Waals surface area contributed by atoms with Crippen LogP contribution in [0.1, 0.15) is 25.0 Å². The molecule has 0 aliphatic carbocycles. The van der Waals surface area contributed by atoms with Crippen molar-refractivity contribution in [3.63, 3.8) is 0 Å². The summed E-state index contributed by atoms with van der Waals surface area (Å²) in [6, 6.07) is 8.93. The van der Waals surface area contributed by atoms with Gasteiger partial charge in [-0.3, -0.25) is 14.8 Å². The molecule has 1 aliphatic rings. The number of hydrogen-bond donors (Lipinski definition) is 3. The minimum absolute atomic E-state index is 0.123. The Morgan fingerprint density at radius 2 is 1.65 bits per heavy atom. The third-order valence-electron chi connectivity index (χ3n) is 5.39. The van der Waals surface area contributed by atoms with Crippen molar-refractivity contribution >= 4 is 17.8 Å². The van der Waals surface area contributed by atoms with Crippen LogP contribution in [0.15, 0.2) is 48.5 Å². The van der Waals surface area contributed by atoms with Crippen molar-refractivity contribution in [3.8, 4) is 11.1 Å². The van der Waals surface area contributed by atoms with Crippen molar-refractivity contribution in [2.45, 2.75) is 38.7 Å². The standard InChI is InChI=1S/C23H24F3N3O5/c1-13(2)19(20(30)28-33)29-21(31)18(27-22(29)32)12-34-11-14-3-5-15(6-4-14)16-7-9-17(10-8-16)23(24,25)26/h3-10,13,18-19,33H,11-12H2,1-2H3,(H,27,32)(H,28,30). The number of ether oxygens (including phenoxy) is 1. The summed E-state index contributed by atoms with van der Waals surface area (Å²) in [7, 11) is 0. The maximum absolute atomic E-state index is 12.7. The van der Waals surface area contributed by atoms with Gasteiger partial charge >= 0.3 is 12.2 Å². The predicted molar refractivity (Wildman–Crippen MR) is 114 cm³/mol. The minimum atomic E-state index is -4.39. The van der Waals surface area contributed by atoms with Gasteiger partial charge < -0.3 is 10.1 Å². The maximum atomic E-state index is 12.7. The van der Waals surface area contributed by atoms with Gasteiger partial charge in [0.1, 0.15) is 12.1 Å². The number of halogens is 3. The van der Waals surface area contributed by atoms with E-state index in [2.05, 4.69) is 5.32 Å². The normalized spacial score (nSPS) is 17.1. The number of amides is 4. The largest absolute Gasteiger partial charge is 0.416 e. The number of benzene rings is 2. The number of nitrogens with zero attached hydrogens (tertiary/aromatic N) is 1. The molecule has 1 fully saturated rings. The SMILES string of the molecule is CC(C)C(C(=O)NO)N1C(=O)NC(COCc2ccc(-c3ccc(C(F)(F)F)cc3)cc2)C1=O. The summed E-state index contributed by atoms with van der Waals surface area (Å²) in [6.45, 7) is 3.27. The van der Waals surface area contributed by atoms with Gasteiger partial charge in [-0.05, 0) is 34.7 Å². The van der Waals surface area contributed by atoms with Crippen LogP contribution in [-0.2, 0) is 27.1 Å². The van der Waals surface area contributed by atoms with Gasteiger partial charge in [-0.25, -0.2) is 15.2 Å². The van der Waals surface area contributed by atoms with E-state index in [-0.39, 0.29) is 13.2 Å². The molecule has 1 saturated heterocycles. The molecule has 11 heteroatoms. The molecule has 3 N–H and O–H groups in total. The molecule has 1 heterocycles. The van der Waals surface area contributed by atoms with Crippen molar-refractivity contribution in [2.75, 3.05) is 6.61 Å². The fraction of sp³-hybridized carbons (Fsp3) is 0.348. The van der Waals surface area contributed by atoms with E-state index in [0.717, 1.165) is 28.2 Å². The zero-order chi connectivity index (χ0) is 25.0. The first-order valence-electron chi connectivity index (χ1n) is 10.4. The second-order valence-electron chi connectivity index (χ2n) is 8.16. The third-order valence-corrected chi connectivity index (χ3v) is 5.39.